The first kappa shape index (κ1) is 11.9. The molecule has 0 radical (unpaired) electrons. The number of rotatable bonds is 4. The maximum absolute atomic E-state index is 5.45. The number of aryl methyl sites for hydroxylation is 1. The van der Waals surface area contributed by atoms with Crippen LogP contribution in [-0.4, -0.2) is 9.97 Å². The molecule has 0 saturated carbocycles. The Morgan fingerprint density at radius 1 is 1.33 bits per heavy atom. The Morgan fingerprint density at radius 2 is 2.00 bits per heavy atom. The molecule has 0 aliphatic heterocycles. The molecule has 0 atom stereocenters. The van der Waals surface area contributed by atoms with Crippen LogP contribution in [0.2, 0.25) is 0 Å². The van der Waals surface area contributed by atoms with Crippen LogP contribution in [0.1, 0.15) is 37.9 Å². The molecule has 1 rings (SSSR count). The first-order chi connectivity index (χ1) is 7.08. The van der Waals surface area contributed by atoms with E-state index in [1.807, 2.05) is 6.92 Å². The predicted molar refractivity (Wildman–Crippen MR) is 62.5 cm³/mol. The normalized spacial score (nSPS) is 10.8. The molecule has 0 fully saturated rings. The Balaban J connectivity index is 3.08. The third kappa shape index (κ3) is 2.89. The zero-order chi connectivity index (χ0) is 11.4. The quantitative estimate of drug-likeness (QED) is 0.585. The fourth-order valence-corrected chi connectivity index (χ4v) is 1.65. The average Bonchev–Trinajstić information content (AvgIpc) is 2.15. The van der Waals surface area contributed by atoms with Crippen LogP contribution in [0.5, 0.6) is 0 Å². The Kier molecular flexibility index (Phi) is 4.03. The van der Waals surface area contributed by atoms with Crippen LogP contribution in [0.25, 0.3) is 0 Å². The van der Waals surface area contributed by atoms with E-state index < -0.39 is 0 Å². The van der Waals surface area contributed by atoms with Crippen LogP contribution in [-0.2, 0) is 12.8 Å². The number of hydrogen-bond donors (Lipinski definition) is 2. The van der Waals surface area contributed by atoms with Crippen LogP contribution in [0.3, 0.4) is 0 Å². The second-order valence-corrected chi connectivity index (χ2v) is 4.15. The van der Waals surface area contributed by atoms with Gasteiger partial charge in [-0.15, -0.1) is 0 Å². The van der Waals surface area contributed by atoms with E-state index in [0.717, 1.165) is 35.7 Å². The third-order valence-corrected chi connectivity index (χ3v) is 2.34. The monoisotopic (exact) mass is 208 g/mol. The summed E-state index contributed by atoms with van der Waals surface area (Å²) in [4.78, 5) is 8.90. The van der Waals surface area contributed by atoms with E-state index in [2.05, 4.69) is 36.2 Å². The predicted octanol–water partition coefficient (Wildman–Crippen LogP) is 1.83. The van der Waals surface area contributed by atoms with Gasteiger partial charge in [0.2, 0.25) is 0 Å². The van der Waals surface area contributed by atoms with Crippen molar-refractivity contribution in [3.05, 3.63) is 17.1 Å². The average molecular weight is 208 g/mol. The van der Waals surface area contributed by atoms with Crippen molar-refractivity contribution < 1.29 is 0 Å². The van der Waals surface area contributed by atoms with Crippen LogP contribution in [0.4, 0.5) is 5.82 Å². The maximum atomic E-state index is 5.45. The summed E-state index contributed by atoms with van der Waals surface area (Å²) in [5.74, 6) is 7.65. The molecule has 3 N–H and O–H groups in total. The highest BCUT2D eigenvalue weighted by molar-refractivity contribution is 5.45. The smallest absolute Gasteiger partial charge is 0.147 e. The number of aromatic nitrogens is 2. The lowest BCUT2D eigenvalue weighted by molar-refractivity contribution is 0.618. The molecule has 0 unspecified atom stereocenters. The van der Waals surface area contributed by atoms with Gasteiger partial charge in [0, 0.05) is 17.7 Å². The van der Waals surface area contributed by atoms with Gasteiger partial charge in [0.1, 0.15) is 11.6 Å². The Bertz CT molecular complexity index is 334. The van der Waals surface area contributed by atoms with Gasteiger partial charge < -0.3 is 5.43 Å². The lowest BCUT2D eigenvalue weighted by Gasteiger charge is -2.12. The zero-order valence-corrected chi connectivity index (χ0v) is 9.96. The number of hydrogen-bond acceptors (Lipinski definition) is 4. The van der Waals surface area contributed by atoms with E-state index in [-0.39, 0.29) is 0 Å². The molecule has 0 aliphatic carbocycles. The molecule has 0 saturated heterocycles. The van der Waals surface area contributed by atoms with E-state index in [0.29, 0.717) is 5.92 Å². The summed E-state index contributed by atoms with van der Waals surface area (Å²) >= 11 is 0. The Morgan fingerprint density at radius 3 is 2.47 bits per heavy atom. The maximum Gasteiger partial charge on any atom is 0.147 e. The molecule has 4 heteroatoms. The summed E-state index contributed by atoms with van der Waals surface area (Å²) in [6.45, 7) is 8.39. The summed E-state index contributed by atoms with van der Waals surface area (Å²) in [6, 6.07) is 0. The van der Waals surface area contributed by atoms with E-state index in [4.69, 9.17) is 5.84 Å². The van der Waals surface area contributed by atoms with Gasteiger partial charge in [0.25, 0.3) is 0 Å². The van der Waals surface area contributed by atoms with Crippen LogP contribution in [0.15, 0.2) is 0 Å². The second-order valence-electron chi connectivity index (χ2n) is 4.15. The van der Waals surface area contributed by atoms with Gasteiger partial charge in [-0.25, -0.2) is 15.8 Å². The summed E-state index contributed by atoms with van der Waals surface area (Å²) in [5.41, 5.74) is 4.78. The minimum atomic E-state index is 0.558. The highest BCUT2D eigenvalue weighted by Gasteiger charge is 2.09. The van der Waals surface area contributed by atoms with Crippen molar-refractivity contribution in [3.63, 3.8) is 0 Å². The lowest BCUT2D eigenvalue weighted by Crippen LogP contribution is -2.15. The highest BCUT2D eigenvalue weighted by atomic mass is 15.3. The molecule has 1 aromatic heterocycles. The zero-order valence-electron chi connectivity index (χ0n) is 9.96. The molecule has 0 spiro atoms. The number of hydrazine groups is 1. The molecule has 0 aromatic carbocycles. The highest BCUT2D eigenvalue weighted by Crippen LogP contribution is 2.17. The summed E-state index contributed by atoms with van der Waals surface area (Å²) in [7, 11) is 0. The van der Waals surface area contributed by atoms with Crippen molar-refractivity contribution in [3.8, 4) is 0 Å². The van der Waals surface area contributed by atoms with E-state index >= 15 is 0 Å². The molecule has 0 aliphatic rings. The summed E-state index contributed by atoms with van der Waals surface area (Å²) in [5, 5.41) is 0. The Labute approximate surface area is 91.3 Å². The van der Waals surface area contributed by atoms with Gasteiger partial charge in [-0.1, -0.05) is 20.8 Å². The number of nitrogen functional groups attached to an aromatic ring is 1. The first-order valence-electron chi connectivity index (χ1n) is 5.41. The largest absolute Gasteiger partial charge is 0.308 e. The fourth-order valence-electron chi connectivity index (χ4n) is 1.65. The van der Waals surface area contributed by atoms with Crippen molar-refractivity contribution in [1.82, 2.24) is 9.97 Å². The SMILES string of the molecule is CCc1c(C)nc(CC(C)C)nc1NN. The van der Waals surface area contributed by atoms with Crippen molar-refractivity contribution in [2.24, 2.45) is 11.8 Å². The minimum absolute atomic E-state index is 0.558. The number of nitrogens with one attached hydrogen (secondary N) is 1. The van der Waals surface area contributed by atoms with Gasteiger partial charge in [-0.3, -0.25) is 0 Å². The molecular weight excluding hydrogens is 188 g/mol. The molecule has 15 heavy (non-hydrogen) atoms. The van der Waals surface area contributed by atoms with E-state index in [9.17, 15) is 0 Å². The first-order valence-corrected chi connectivity index (χ1v) is 5.41. The van der Waals surface area contributed by atoms with Crippen molar-refractivity contribution in [2.75, 3.05) is 5.43 Å². The van der Waals surface area contributed by atoms with Crippen molar-refractivity contribution in [1.29, 1.82) is 0 Å². The topological polar surface area (TPSA) is 63.8 Å². The lowest BCUT2D eigenvalue weighted by atomic mass is 10.1. The number of nitrogens with two attached hydrogens (primary N) is 1. The minimum Gasteiger partial charge on any atom is -0.308 e. The van der Waals surface area contributed by atoms with Crippen LogP contribution in [0, 0.1) is 12.8 Å². The molecule has 84 valence electrons. The molecule has 1 heterocycles. The van der Waals surface area contributed by atoms with Crippen LogP contribution < -0.4 is 11.3 Å². The van der Waals surface area contributed by atoms with Crippen molar-refractivity contribution in [2.45, 2.75) is 40.5 Å². The van der Waals surface area contributed by atoms with Crippen LogP contribution >= 0.6 is 0 Å². The fraction of sp³-hybridized carbons (Fsp3) is 0.636. The standard InChI is InChI=1S/C11H20N4/c1-5-9-8(4)13-10(6-7(2)3)14-11(9)15-12/h7H,5-6,12H2,1-4H3,(H,13,14,15). The van der Waals surface area contributed by atoms with Gasteiger partial charge in [0.05, 0.1) is 0 Å². The van der Waals surface area contributed by atoms with E-state index in [1.54, 1.807) is 0 Å². The molecule has 1 aromatic rings. The van der Waals surface area contributed by atoms with E-state index in [1.165, 1.54) is 0 Å². The number of anilines is 1. The molecule has 0 bridgehead atoms. The van der Waals surface area contributed by atoms with Crippen molar-refractivity contribution >= 4 is 5.82 Å². The molecular formula is C11H20N4. The van der Waals surface area contributed by atoms with Gasteiger partial charge in [-0.05, 0) is 19.3 Å². The number of nitrogens with zero attached hydrogens (tertiary/aromatic N) is 2. The third-order valence-electron chi connectivity index (χ3n) is 2.34. The van der Waals surface area contributed by atoms with Gasteiger partial charge in [0.15, 0.2) is 0 Å². The van der Waals surface area contributed by atoms with Gasteiger partial charge >= 0.3 is 0 Å². The Hall–Kier alpha value is -1.16. The van der Waals surface area contributed by atoms with Gasteiger partial charge in [-0.2, -0.15) is 0 Å². The second kappa shape index (κ2) is 5.07. The summed E-state index contributed by atoms with van der Waals surface area (Å²) < 4.78 is 0. The molecule has 4 nitrogen and oxygen atoms in total. The summed E-state index contributed by atoms with van der Waals surface area (Å²) in [6.07, 6.45) is 1.78. The molecule has 0 amide bonds.